The standard InChI is InChI=1S/C44H48N4O6/c1-28-39(26-48-21-9-16-38(48)42(51)54-44(2,3)4)52-43(53-40(28)31-19-17-29(27-49)18-20-31)34-13-8-12-33(23-34)32-11-7-10-30(22-32)24-46-41(50)37-25-45-35-14-5-6-15-36(35)47-37/h5-8,10-15,17-20,22-23,25,28,38-40,43,49H,9,16,21,24,26-27H2,1-4H3,(H,46,50)/t28-,38-,39+,40+,43+/m0/s1. The number of fused-ring (bicyclic) bond motifs is 1. The zero-order chi connectivity index (χ0) is 37.8. The summed E-state index contributed by atoms with van der Waals surface area (Å²) < 4.78 is 19.4. The highest BCUT2D eigenvalue weighted by Gasteiger charge is 2.42. The van der Waals surface area contributed by atoms with Gasteiger partial charge >= 0.3 is 5.97 Å². The van der Waals surface area contributed by atoms with E-state index < -0.39 is 11.9 Å². The van der Waals surface area contributed by atoms with Gasteiger partial charge in [0.25, 0.3) is 5.91 Å². The summed E-state index contributed by atoms with van der Waals surface area (Å²) in [7, 11) is 0. The van der Waals surface area contributed by atoms with Gasteiger partial charge in [-0.25, -0.2) is 4.98 Å². The minimum absolute atomic E-state index is 0.0308. The van der Waals surface area contributed by atoms with Gasteiger partial charge in [0.2, 0.25) is 0 Å². The number of rotatable bonds is 10. The Kier molecular flexibility index (Phi) is 11.2. The second-order valence-corrected chi connectivity index (χ2v) is 15.3. The Morgan fingerprint density at radius 1 is 0.889 bits per heavy atom. The van der Waals surface area contributed by atoms with Crippen molar-refractivity contribution in [3.63, 3.8) is 0 Å². The molecule has 1 amide bonds. The van der Waals surface area contributed by atoms with Crippen molar-refractivity contribution in [2.24, 2.45) is 5.92 Å². The Labute approximate surface area is 316 Å². The number of aliphatic hydroxyl groups is 1. The first-order valence-electron chi connectivity index (χ1n) is 18.7. The van der Waals surface area contributed by atoms with Gasteiger partial charge in [0, 0.05) is 24.6 Å². The zero-order valence-corrected chi connectivity index (χ0v) is 31.3. The van der Waals surface area contributed by atoms with Crippen molar-refractivity contribution in [3.8, 4) is 11.1 Å². The average molecular weight is 729 g/mol. The Balaban J connectivity index is 1.10. The van der Waals surface area contributed by atoms with E-state index in [9.17, 15) is 14.7 Å². The SMILES string of the molecule is C[C@H]1[C@@H](CN2CCC[C@H]2C(=O)OC(C)(C)C)O[C@@H](c2cccc(-c3cccc(CNC(=O)c4cnc5ccccc5n4)c3)c2)O[C@H]1c1ccc(CO)cc1. The molecule has 2 saturated heterocycles. The van der Waals surface area contributed by atoms with Crippen LogP contribution < -0.4 is 5.32 Å². The number of amides is 1. The van der Waals surface area contributed by atoms with Crippen LogP contribution >= 0.6 is 0 Å². The molecule has 0 radical (unpaired) electrons. The van der Waals surface area contributed by atoms with Gasteiger partial charge in [-0.3, -0.25) is 19.5 Å². The van der Waals surface area contributed by atoms with Gasteiger partial charge in [0.1, 0.15) is 17.3 Å². The lowest BCUT2D eigenvalue weighted by Crippen LogP contribution is -2.48. The molecule has 5 atom stereocenters. The van der Waals surface area contributed by atoms with Crippen molar-refractivity contribution in [3.05, 3.63) is 131 Å². The molecule has 4 aromatic carbocycles. The number of para-hydroxylation sites is 2. The van der Waals surface area contributed by atoms with Crippen molar-refractivity contribution in [1.29, 1.82) is 0 Å². The van der Waals surface area contributed by atoms with Crippen LogP contribution in [0.1, 0.15) is 85.7 Å². The first-order valence-corrected chi connectivity index (χ1v) is 18.7. The van der Waals surface area contributed by atoms with E-state index in [1.165, 1.54) is 6.20 Å². The van der Waals surface area contributed by atoms with Crippen LogP contribution in [0.3, 0.4) is 0 Å². The summed E-state index contributed by atoms with van der Waals surface area (Å²) >= 11 is 0. The van der Waals surface area contributed by atoms with Crippen LogP contribution in [-0.4, -0.2) is 62.7 Å². The minimum atomic E-state index is -0.665. The van der Waals surface area contributed by atoms with E-state index in [-0.39, 0.29) is 48.3 Å². The van der Waals surface area contributed by atoms with E-state index in [1.807, 2.05) is 99.6 Å². The highest BCUT2D eigenvalue weighted by atomic mass is 16.7. The lowest BCUT2D eigenvalue weighted by Gasteiger charge is -2.43. The van der Waals surface area contributed by atoms with Gasteiger partial charge in [-0.05, 0) is 92.2 Å². The molecule has 0 aliphatic carbocycles. The lowest BCUT2D eigenvalue weighted by atomic mass is 9.89. The van der Waals surface area contributed by atoms with E-state index in [4.69, 9.17) is 14.2 Å². The van der Waals surface area contributed by atoms with Crippen LogP contribution in [0.4, 0.5) is 0 Å². The van der Waals surface area contributed by atoms with Gasteiger partial charge in [-0.2, -0.15) is 0 Å². The molecule has 7 rings (SSSR count). The quantitative estimate of drug-likeness (QED) is 0.143. The Hall–Kier alpha value is -5.00. The van der Waals surface area contributed by atoms with Gasteiger partial charge in [-0.15, -0.1) is 0 Å². The number of nitrogens with one attached hydrogen (secondary N) is 1. The number of hydrogen-bond donors (Lipinski definition) is 2. The summed E-state index contributed by atoms with van der Waals surface area (Å²) in [6.07, 6.45) is 1.98. The van der Waals surface area contributed by atoms with E-state index >= 15 is 0 Å². The van der Waals surface area contributed by atoms with Crippen molar-refractivity contribution in [2.45, 2.75) is 83.8 Å². The molecule has 3 heterocycles. The van der Waals surface area contributed by atoms with Crippen LogP contribution in [0.15, 0.2) is 103 Å². The predicted octanol–water partition coefficient (Wildman–Crippen LogP) is 7.32. The number of ether oxygens (including phenoxy) is 3. The maximum absolute atomic E-state index is 13.2. The Bertz CT molecular complexity index is 2100. The van der Waals surface area contributed by atoms with Gasteiger partial charge in [0.15, 0.2) is 6.29 Å². The molecule has 2 aliphatic rings. The second kappa shape index (κ2) is 16.2. The smallest absolute Gasteiger partial charge is 0.323 e. The molecule has 2 fully saturated rings. The summed E-state index contributed by atoms with van der Waals surface area (Å²) in [5.74, 6) is -0.510. The fourth-order valence-electron chi connectivity index (χ4n) is 7.31. The first kappa shape index (κ1) is 37.3. The first-order chi connectivity index (χ1) is 26.0. The van der Waals surface area contributed by atoms with E-state index in [2.05, 4.69) is 45.3 Å². The molecule has 0 unspecified atom stereocenters. The van der Waals surface area contributed by atoms with Gasteiger partial charge in [-0.1, -0.05) is 79.7 Å². The van der Waals surface area contributed by atoms with E-state index in [1.54, 1.807) is 0 Å². The van der Waals surface area contributed by atoms with Crippen LogP contribution in [-0.2, 0) is 32.2 Å². The molecule has 1 aromatic heterocycles. The number of aromatic nitrogens is 2. The molecule has 0 bridgehead atoms. The number of hydrogen-bond acceptors (Lipinski definition) is 9. The van der Waals surface area contributed by atoms with Crippen LogP contribution in [0.25, 0.3) is 22.2 Å². The van der Waals surface area contributed by atoms with Crippen LogP contribution in [0, 0.1) is 5.92 Å². The molecule has 0 spiro atoms. The Morgan fingerprint density at radius 3 is 2.39 bits per heavy atom. The lowest BCUT2D eigenvalue weighted by molar-refractivity contribution is -0.276. The second-order valence-electron chi connectivity index (χ2n) is 15.3. The largest absolute Gasteiger partial charge is 0.459 e. The fourth-order valence-corrected chi connectivity index (χ4v) is 7.31. The molecule has 280 valence electrons. The molecular formula is C44H48N4O6. The summed E-state index contributed by atoms with van der Waals surface area (Å²) in [6.45, 7) is 9.48. The molecule has 54 heavy (non-hydrogen) atoms. The normalized spacial score (nSPS) is 21.9. The van der Waals surface area contributed by atoms with Crippen LogP contribution in [0.5, 0.6) is 0 Å². The molecule has 5 aromatic rings. The number of esters is 1. The zero-order valence-electron chi connectivity index (χ0n) is 31.3. The van der Waals surface area contributed by atoms with E-state index in [0.717, 1.165) is 58.3 Å². The van der Waals surface area contributed by atoms with Gasteiger partial charge < -0.3 is 24.6 Å². The van der Waals surface area contributed by atoms with Crippen molar-refractivity contribution < 1.29 is 28.9 Å². The summed E-state index contributed by atoms with van der Waals surface area (Å²) in [4.78, 5) is 37.3. The minimum Gasteiger partial charge on any atom is -0.459 e. The van der Waals surface area contributed by atoms with Gasteiger partial charge in [0.05, 0.1) is 36.0 Å². The fraction of sp³-hybridized carbons (Fsp3) is 0.364. The average Bonchev–Trinajstić information content (AvgIpc) is 3.65. The molecule has 2 aliphatic heterocycles. The number of nitrogens with zero attached hydrogens (tertiary/aromatic N) is 3. The topological polar surface area (TPSA) is 123 Å². The molecule has 0 saturated carbocycles. The molecule has 10 heteroatoms. The Morgan fingerprint density at radius 2 is 1.63 bits per heavy atom. The highest BCUT2D eigenvalue weighted by Crippen LogP contribution is 2.43. The molecular weight excluding hydrogens is 681 g/mol. The molecule has 10 nitrogen and oxygen atoms in total. The third kappa shape index (κ3) is 8.69. The van der Waals surface area contributed by atoms with Crippen molar-refractivity contribution in [2.75, 3.05) is 13.1 Å². The number of aliphatic hydroxyl groups excluding tert-OH is 1. The number of benzene rings is 4. The number of likely N-dealkylation sites (tertiary alicyclic amines) is 1. The summed E-state index contributed by atoms with van der Waals surface area (Å²) in [5, 5.41) is 12.7. The summed E-state index contributed by atoms with van der Waals surface area (Å²) in [6, 6.07) is 31.3. The predicted molar refractivity (Wildman–Crippen MR) is 206 cm³/mol. The third-order valence-corrected chi connectivity index (χ3v) is 10.1. The van der Waals surface area contributed by atoms with E-state index in [0.29, 0.717) is 18.6 Å². The van der Waals surface area contributed by atoms with Crippen LogP contribution in [0.2, 0.25) is 0 Å². The maximum atomic E-state index is 13.2. The third-order valence-electron chi connectivity index (χ3n) is 10.1. The monoisotopic (exact) mass is 728 g/mol. The number of carbonyl (C=O) groups is 2. The maximum Gasteiger partial charge on any atom is 0.323 e. The van der Waals surface area contributed by atoms with Crippen molar-refractivity contribution in [1.82, 2.24) is 20.2 Å². The highest BCUT2D eigenvalue weighted by molar-refractivity contribution is 5.93. The number of carbonyl (C=O) groups excluding carboxylic acids is 2. The van der Waals surface area contributed by atoms with Crippen molar-refractivity contribution >= 4 is 22.9 Å². The summed E-state index contributed by atoms with van der Waals surface area (Å²) in [5.41, 5.74) is 6.75. The molecule has 2 N–H and O–H groups in total.